The van der Waals surface area contributed by atoms with E-state index in [0.717, 1.165) is 32.6 Å². The molecule has 4 aliphatic rings. The molecule has 160 valence electrons. The van der Waals surface area contributed by atoms with Gasteiger partial charge in [0.25, 0.3) is 0 Å². The van der Waals surface area contributed by atoms with Gasteiger partial charge in [0.15, 0.2) is 0 Å². The third-order valence-electron chi connectivity index (χ3n) is 8.14. The first-order valence-electron chi connectivity index (χ1n) is 20.5. The smallest absolute Gasteiger partial charge is 0.103 e. The highest BCUT2D eigenvalue weighted by Gasteiger charge is 2.59. The van der Waals surface area contributed by atoms with Crippen molar-refractivity contribution in [1.29, 1.82) is 0 Å². The van der Waals surface area contributed by atoms with Gasteiger partial charge in [0.05, 0.1) is 6.24 Å². The molecule has 0 aromatic carbocycles. The normalized spacial score (nSPS) is 70.4. The minimum absolute atomic E-state index is 0.175. The summed E-state index contributed by atoms with van der Waals surface area (Å²) in [7, 11) is 0. The molecule has 1 heteroatoms. The number of hydrogen-bond acceptors (Lipinski definition) is 1. The third kappa shape index (κ3) is 3.37. The molecule has 0 bridgehead atoms. The SMILES string of the molecule is [2H]C(O)=C(C([2H])([2H])[2H])C([2H])([2H])C([2H])([2H])C([2H])([2H])[C@@]([2H])(C([2H])([2H])[2H])[C@@]1([2H])C([2H])([2H])C([2H])([2H])[C@@]2([2H])[C@@H]3CCC4CCCC[C@]4(C)[C@H]3CC[C@]12C. The summed E-state index contributed by atoms with van der Waals surface area (Å²) in [6, 6.07) is 0. The van der Waals surface area contributed by atoms with Gasteiger partial charge < -0.3 is 5.11 Å². The summed E-state index contributed by atoms with van der Waals surface area (Å²) in [4.78, 5) is 0. The highest BCUT2D eigenvalue weighted by molar-refractivity contribution is 5.09. The topological polar surface area (TPSA) is 20.2 Å². The monoisotopic (exact) mass is 406 g/mol. The number of aliphatic hydroxyl groups is 1. The van der Waals surface area contributed by atoms with Crippen LogP contribution in [-0.2, 0) is 0 Å². The van der Waals surface area contributed by atoms with Crippen LogP contribution in [0.25, 0.3) is 0 Å². The van der Waals surface area contributed by atoms with Crippen molar-refractivity contribution < 1.29 is 32.5 Å². The van der Waals surface area contributed by atoms with Crippen molar-refractivity contribution in [2.45, 2.75) is 111 Å². The van der Waals surface area contributed by atoms with Crippen LogP contribution in [0.4, 0.5) is 0 Å². The molecule has 4 saturated carbocycles. The van der Waals surface area contributed by atoms with Crippen molar-refractivity contribution in [1.82, 2.24) is 0 Å². The first-order chi connectivity index (χ1) is 21.1. The predicted octanol–water partition coefficient (Wildman–Crippen LogP) is 8.30. The Hall–Kier alpha value is -0.460. The van der Waals surface area contributed by atoms with Gasteiger partial charge in [-0.05, 0) is 123 Å². The van der Waals surface area contributed by atoms with Crippen molar-refractivity contribution in [2.75, 3.05) is 0 Å². The van der Waals surface area contributed by atoms with E-state index >= 15 is 0 Å². The van der Waals surface area contributed by atoms with Gasteiger partial charge in [0, 0.05) is 26.0 Å². The van der Waals surface area contributed by atoms with Gasteiger partial charge in [0.1, 0.15) is 1.37 Å². The number of hydrogen-bond donors (Lipinski definition) is 1. The van der Waals surface area contributed by atoms with Crippen LogP contribution >= 0.6 is 0 Å². The Balaban J connectivity index is 2.07. The molecule has 28 heavy (non-hydrogen) atoms. The molecule has 1 N–H and O–H groups in total. The third-order valence-corrected chi connectivity index (χ3v) is 8.14. The first-order valence-corrected chi connectivity index (χ1v) is 10.5. The van der Waals surface area contributed by atoms with Crippen LogP contribution in [0.3, 0.4) is 0 Å². The number of aliphatic hydroxyl groups excluding tert-OH is 1. The Morgan fingerprint density at radius 3 is 2.96 bits per heavy atom. The molecular formula is C27H46O. The Labute approximate surface area is 202 Å². The van der Waals surface area contributed by atoms with Crippen molar-refractivity contribution in [3.63, 3.8) is 0 Å². The molecule has 4 fully saturated rings. The van der Waals surface area contributed by atoms with Crippen LogP contribution in [0, 0.1) is 46.3 Å². The lowest BCUT2D eigenvalue weighted by atomic mass is 9.44. The number of rotatable bonds is 5. The summed E-state index contributed by atoms with van der Waals surface area (Å²) >= 11 is 0. The molecule has 8 atom stereocenters. The Morgan fingerprint density at radius 2 is 2.18 bits per heavy atom. The van der Waals surface area contributed by atoms with Crippen LogP contribution in [0.2, 0.25) is 0 Å². The second-order valence-electron chi connectivity index (χ2n) is 9.39. The fraction of sp³-hybridized carbons (Fsp3) is 0.926. The zero-order valence-corrected chi connectivity index (χ0v) is 16.8. The second kappa shape index (κ2) is 7.99. The van der Waals surface area contributed by atoms with E-state index in [1.807, 2.05) is 0 Å². The summed E-state index contributed by atoms with van der Waals surface area (Å²) in [5.74, 6) is -11.9. The number of allylic oxidation sites excluding steroid dienone is 1. The maximum absolute atomic E-state index is 10.0. The molecule has 0 radical (unpaired) electrons. The average molecular weight is 407 g/mol. The van der Waals surface area contributed by atoms with Crippen molar-refractivity contribution in [2.24, 2.45) is 46.3 Å². The van der Waals surface area contributed by atoms with Gasteiger partial charge in [-0.2, -0.15) is 0 Å². The van der Waals surface area contributed by atoms with Gasteiger partial charge in [-0.15, -0.1) is 0 Å². The van der Waals surface area contributed by atoms with E-state index in [2.05, 4.69) is 6.92 Å². The molecule has 0 aliphatic heterocycles. The van der Waals surface area contributed by atoms with Crippen LogP contribution in [0.5, 0.6) is 0 Å². The fourth-order valence-corrected chi connectivity index (χ4v) is 6.64. The van der Waals surface area contributed by atoms with Crippen molar-refractivity contribution in [3.8, 4) is 0 Å². The largest absolute Gasteiger partial charge is 0.516 e. The molecule has 1 nitrogen and oxygen atoms in total. The summed E-state index contributed by atoms with van der Waals surface area (Å²) in [5, 5.41) is 9.86. The lowest BCUT2D eigenvalue weighted by Crippen LogP contribution is -2.53. The Morgan fingerprint density at radius 1 is 1.29 bits per heavy atom. The van der Waals surface area contributed by atoms with Crippen molar-refractivity contribution in [3.05, 3.63) is 11.8 Å². The number of fused-ring (bicyclic) bond motifs is 5. The predicted molar refractivity (Wildman–Crippen MR) is 119 cm³/mol. The molecule has 0 saturated heterocycles. The minimum atomic E-state index is -4.57. The lowest BCUT2D eigenvalue weighted by Gasteiger charge is -2.61. The Kier molecular flexibility index (Phi) is 2.17. The van der Waals surface area contributed by atoms with E-state index in [9.17, 15) is 14.7 Å². The molecule has 0 heterocycles. The zero-order valence-electron chi connectivity index (χ0n) is 36.8. The second-order valence-corrected chi connectivity index (χ2v) is 9.39. The fourth-order valence-electron chi connectivity index (χ4n) is 6.64. The summed E-state index contributed by atoms with van der Waals surface area (Å²) in [6.07, 6.45) is -18.4. The quantitative estimate of drug-likeness (QED) is 0.455. The summed E-state index contributed by atoms with van der Waals surface area (Å²) < 4.78 is 174. The van der Waals surface area contributed by atoms with Crippen LogP contribution < -0.4 is 0 Å². The summed E-state index contributed by atoms with van der Waals surface area (Å²) in [5.41, 5.74) is -4.80. The summed E-state index contributed by atoms with van der Waals surface area (Å²) in [6.45, 7) is -4.82. The molecule has 0 aromatic rings. The maximum Gasteiger partial charge on any atom is 0.103 e. The first kappa shape index (κ1) is 7.59. The zero-order chi connectivity index (χ0) is 37.5. The minimum Gasteiger partial charge on any atom is -0.516 e. The standard InChI is InChI=1S/C27H46O/c1-19(18-28)8-7-9-20(2)23-13-14-24-22-12-11-21-10-5-6-16-26(21,3)25(22)15-17-27(23,24)4/h18,20-25,28H,5-17H2,1-4H3/t20-,21?,22+,23-,24+,25+,26+,27-/m1/s1/i1D3,2D3,7D2,8D2,9D2,13D2,14D2,18D,20D,23D,24D. The molecule has 1 unspecified atom stereocenters. The van der Waals surface area contributed by atoms with Gasteiger partial charge in [0.2, 0.25) is 0 Å². The molecule has 0 amide bonds. The van der Waals surface area contributed by atoms with Crippen LogP contribution in [0.15, 0.2) is 11.8 Å². The van der Waals surface area contributed by atoms with Gasteiger partial charge >= 0.3 is 0 Å². The van der Waals surface area contributed by atoms with Gasteiger partial charge in [-0.1, -0.05) is 39.9 Å². The van der Waals surface area contributed by atoms with Crippen LogP contribution in [0.1, 0.15) is 138 Å². The van der Waals surface area contributed by atoms with E-state index in [4.69, 9.17) is 17.8 Å². The molecule has 0 aromatic heterocycles. The van der Waals surface area contributed by atoms with Gasteiger partial charge in [-0.25, -0.2) is 0 Å². The van der Waals surface area contributed by atoms with E-state index in [1.165, 1.54) is 0 Å². The highest BCUT2D eigenvalue weighted by Crippen LogP contribution is 2.68. The Bertz CT molecular complexity index is 1330. The molecule has 4 aliphatic carbocycles. The van der Waals surface area contributed by atoms with Crippen LogP contribution in [-0.4, -0.2) is 5.11 Å². The lowest BCUT2D eigenvalue weighted by molar-refractivity contribution is -0.114. The van der Waals surface area contributed by atoms with E-state index < -0.39 is 86.4 Å². The maximum atomic E-state index is 10.0. The molecular weight excluding hydrogens is 340 g/mol. The van der Waals surface area contributed by atoms with E-state index in [-0.39, 0.29) is 36.5 Å². The van der Waals surface area contributed by atoms with Crippen molar-refractivity contribution >= 4 is 0 Å². The van der Waals surface area contributed by atoms with Gasteiger partial charge in [-0.3, -0.25) is 0 Å². The molecule has 0 spiro atoms. The highest BCUT2D eigenvalue weighted by atomic mass is 16.2. The average Bonchev–Trinajstić information content (AvgIpc) is 2.97. The van der Waals surface area contributed by atoms with E-state index in [1.54, 1.807) is 0 Å². The molecule has 4 rings (SSSR count). The van der Waals surface area contributed by atoms with E-state index in [0.29, 0.717) is 6.42 Å².